The van der Waals surface area contributed by atoms with Gasteiger partial charge >= 0.3 is 0 Å². The summed E-state index contributed by atoms with van der Waals surface area (Å²) < 4.78 is 31.0. The van der Waals surface area contributed by atoms with E-state index in [9.17, 15) is 0 Å². The molecule has 2 heterocycles. The molecule has 2 saturated heterocycles. The monoisotopic (exact) mass is 380 g/mol. The van der Waals surface area contributed by atoms with Gasteiger partial charge in [0, 0.05) is 0 Å². The third-order valence-corrected chi connectivity index (χ3v) is 6.02. The number of benzene rings is 1. The van der Waals surface area contributed by atoms with E-state index in [0.717, 1.165) is 18.4 Å². The molecule has 5 nitrogen and oxygen atoms in total. The summed E-state index contributed by atoms with van der Waals surface area (Å²) in [6.07, 6.45) is 0.663. The summed E-state index contributed by atoms with van der Waals surface area (Å²) in [4.78, 5) is 0. The topological polar surface area (TPSA) is 46.2 Å². The van der Waals surface area contributed by atoms with Gasteiger partial charge in [-0.3, -0.25) is 0 Å². The largest absolute Gasteiger partial charge is 0.415 e. The van der Waals surface area contributed by atoms with Crippen molar-refractivity contribution in [2.24, 2.45) is 0 Å². The molecule has 0 aliphatic carbocycles. The first-order valence-electron chi connectivity index (χ1n) is 9.66. The molecule has 1 aromatic rings. The Kier molecular flexibility index (Phi) is 6.21. The van der Waals surface area contributed by atoms with Gasteiger partial charge in [-0.25, -0.2) is 0 Å². The van der Waals surface area contributed by atoms with Crippen LogP contribution in [0.25, 0.3) is 0 Å². The molecule has 3 rings (SSSR count). The van der Waals surface area contributed by atoms with Gasteiger partial charge in [-0.05, 0) is 38.0 Å². The van der Waals surface area contributed by atoms with E-state index in [1.54, 1.807) is 0 Å². The van der Waals surface area contributed by atoms with Crippen LogP contribution in [0.1, 0.15) is 32.3 Å². The summed E-state index contributed by atoms with van der Waals surface area (Å²) in [5, 5.41) is 0. The zero-order chi connectivity index (χ0) is 18.8. The molecular weight excluding hydrogens is 348 g/mol. The Morgan fingerprint density at radius 3 is 2.27 bits per heavy atom. The predicted octanol–water partition coefficient (Wildman–Crippen LogP) is 4.08. The standard InChI is InChI=1S/C20H32O5Si/c1-6-20(7-2)24-17-16(14-22-26(3,4)5)23-19(18(17)25-20)21-13-15-11-9-8-10-12-15/h8-12,16-19H,6-7,13-14H2,1-5H3/t16-,17+,18+,19+/m1/s1. The van der Waals surface area contributed by atoms with E-state index in [4.69, 9.17) is 23.4 Å². The maximum atomic E-state index is 6.34. The van der Waals surface area contributed by atoms with Crippen molar-refractivity contribution in [2.75, 3.05) is 6.61 Å². The Hall–Kier alpha value is -0.763. The van der Waals surface area contributed by atoms with Crippen LogP contribution in [0.2, 0.25) is 19.6 Å². The Morgan fingerprint density at radius 2 is 1.65 bits per heavy atom. The van der Waals surface area contributed by atoms with Gasteiger partial charge in [0.05, 0.1) is 13.2 Å². The lowest BCUT2D eigenvalue weighted by Crippen LogP contribution is -2.38. The molecule has 2 fully saturated rings. The van der Waals surface area contributed by atoms with E-state index in [0.29, 0.717) is 13.2 Å². The van der Waals surface area contributed by atoms with E-state index >= 15 is 0 Å². The molecule has 4 atom stereocenters. The highest BCUT2D eigenvalue weighted by atomic mass is 28.4. The lowest BCUT2D eigenvalue weighted by atomic mass is 10.1. The van der Waals surface area contributed by atoms with Crippen LogP contribution in [0.3, 0.4) is 0 Å². The van der Waals surface area contributed by atoms with Crippen molar-refractivity contribution in [1.29, 1.82) is 0 Å². The van der Waals surface area contributed by atoms with Crippen molar-refractivity contribution < 1.29 is 23.4 Å². The normalized spacial score (nSPS) is 30.5. The molecule has 6 heteroatoms. The van der Waals surface area contributed by atoms with Crippen LogP contribution in [-0.4, -0.2) is 45.3 Å². The summed E-state index contributed by atoms with van der Waals surface area (Å²) in [5.74, 6) is -0.537. The van der Waals surface area contributed by atoms with Crippen molar-refractivity contribution >= 4 is 8.32 Å². The van der Waals surface area contributed by atoms with E-state index in [1.807, 2.05) is 30.3 Å². The third-order valence-electron chi connectivity index (χ3n) is 4.98. The van der Waals surface area contributed by atoms with Gasteiger partial charge in [0.1, 0.15) is 18.3 Å². The summed E-state index contributed by atoms with van der Waals surface area (Å²) in [7, 11) is -1.63. The van der Waals surface area contributed by atoms with Crippen molar-refractivity contribution in [3.05, 3.63) is 35.9 Å². The predicted molar refractivity (Wildman–Crippen MR) is 102 cm³/mol. The summed E-state index contributed by atoms with van der Waals surface area (Å²) in [6, 6.07) is 10.1. The van der Waals surface area contributed by atoms with Crippen LogP contribution in [0.15, 0.2) is 30.3 Å². The van der Waals surface area contributed by atoms with Crippen LogP contribution < -0.4 is 0 Å². The highest BCUT2D eigenvalue weighted by Gasteiger charge is 2.57. The van der Waals surface area contributed by atoms with Crippen molar-refractivity contribution in [3.63, 3.8) is 0 Å². The molecule has 2 aliphatic heterocycles. The second-order valence-corrected chi connectivity index (χ2v) is 12.6. The maximum Gasteiger partial charge on any atom is 0.187 e. The molecule has 0 saturated carbocycles. The molecule has 26 heavy (non-hydrogen) atoms. The zero-order valence-corrected chi connectivity index (χ0v) is 17.6. The van der Waals surface area contributed by atoms with Crippen LogP contribution in [0, 0.1) is 0 Å². The first kappa shape index (κ1) is 20.0. The molecule has 0 amide bonds. The van der Waals surface area contributed by atoms with Gasteiger partial charge in [-0.15, -0.1) is 0 Å². The zero-order valence-electron chi connectivity index (χ0n) is 16.6. The number of hydrogen-bond donors (Lipinski definition) is 0. The molecule has 0 spiro atoms. The first-order valence-corrected chi connectivity index (χ1v) is 13.1. The molecule has 0 radical (unpaired) electrons. The highest BCUT2D eigenvalue weighted by Crippen LogP contribution is 2.42. The van der Waals surface area contributed by atoms with E-state index in [2.05, 4.69) is 33.5 Å². The lowest BCUT2D eigenvalue weighted by molar-refractivity contribution is -0.253. The number of fused-ring (bicyclic) bond motifs is 1. The number of hydrogen-bond acceptors (Lipinski definition) is 5. The SMILES string of the molecule is CCC1(CC)O[C@@H]2[C@@H](OCc3ccccc3)O[C@H](CO[Si](C)(C)C)[C@@H]2O1. The number of rotatable bonds is 8. The van der Waals surface area contributed by atoms with Crippen LogP contribution >= 0.6 is 0 Å². The fraction of sp³-hybridized carbons (Fsp3) is 0.700. The van der Waals surface area contributed by atoms with Gasteiger partial charge in [-0.1, -0.05) is 44.2 Å². The maximum absolute atomic E-state index is 6.34. The fourth-order valence-electron chi connectivity index (χ4n) is 3.42. The van der Waals surface area contributed by atoms with Crippen molar-refractivity contribution in [3.8, 4) is 0 Å². The lowest BCUT2D eigenvalue weighted by Gasteiger charge is -2.29. The fourth-order valence-corrected chi connectivity index (χ4v) is 4.08. The minimum Gasteiger partial charge on any atom is -0.415 e. The molecule has 0 unspecified atom stereocenters. The minimum absolute atomic E-state index is 0.146. The molecule has 0 N–H and O–H groups in total. The average molecular weight is 381 g/mol. The Balaban J connectivity index is 1.69. The molecular formula is C20H32O5Si. The van der Waals surface area contributed by atoms with Crippen molar-refractivity contribution in [2.45, 2.75) is 83.3 Å². The molecule has 0 aromatic heterocycles. The van der Waals surface area contributed by atoms with Gasteiger partial charge in [-0.2, -0.15) is 0 Å². The van der Waals surface area contributed by atoms with E-state index in [1.165, 1.54) is 0 Å². The molecule has 0 bridgehead atoms. The van der Waals surface area contributed by atoms with Crippen LogP contribution in [0.5, 0.6) is 0 Å². The van der Waals surface area contributed by atoms with E-state index < -0.39 is 20.4 Å². The third kappa shape index (κ3) is 4.55. The summed E-state index contributed by atoms with van der Waals surface area (Å²) in [5.41, 5.74) is 1.12. The summed E-state index contributed by atoms with van der Waals surface area (Å²) >= 11 is 0. The average Bonchev–Trinajstić information content (AvgIpc) is 3.15. The van der Waals surface area contributed by atoms with Crippen LogP contribution in [-0.2, 0) is 30.0 Å². The second kappa shape index (κ2) is 8.08. The number of ether oxygens (including phenoxy) is 4. The quantitative estimate of drug-likeness (QED) is 0.636. The highest BCUT2D eigenvalue weighted by molar-refractivity contribution is 6.69. The second-order valence-electron chi connectivity index (χ2n) is 8.05. The van der Waals surface area contributed by atoms with Gasteiger partial charge in [0.25, 0.3) is 0 Å². The minimum atomic E-state index is -1.63. The van der Waals surface area contributed by atoms with Gasteiger partial charge in [0.2, 0.25) is 0 Å². The molecule has 146 valence electrons. The first-order chi connectivity index (χ1) is 12.4. The van der Waals surface area contributed by atoms with Gasteiger partial charge < -0.3 is 23.4 Å². The summed E-state index contributed by atoms with van der Waals surface area (Å²) in [6.45, 7) is 11.7. The van der Waals surface area contributed by atoms with Crippen LogP contribution in [0.4, 0.5) is 0 Å². The van der Waals surface area contributed by atoms with E-state index in [-0.39, 0.29) is 18.3 Å². The molecule has 2 aliphatic rings. The smallest absolute Gasteiger partial charge is 0.187 e. The Morgan fingerprint density at radius 1 is 1.00 bits per heavy atom. The Labute approximate surface area is 158 Å². The van der Waals surface area contributed by atoms with Crippen molar-refractivity contribution in [1.82, 2.24) is 0 Å². The Bertz CT molecular complexity index is 569. The molecule has 1 aromatic carbocycles. The van der Waals surface area contributed by atoms with Gasteiger partial charge in [0.15, 0.2) is 20.4 Å².